The Balaban J connectivity index is 5.92. The van der Waals surface area contributed by atoms with Crippen molar-refractivity contribution in [3.05, 3.63) is 12.7 Å². The molecule has 37 heavy (non-hydrogen) atoms. The maximum Gasteiger partial charge on any atom is 0.469 e. The van der Waals surface area contributed by atoms with Gasteiger partial charge in [0, 0.05) is 6.04 Å². The Hall–Kier alpha value is 0.488. The summed E-state index contributed by atoms with van der Waals surface area (Å²) in [6, 6.07) is 11.6. The van der Waals surface area contributed by atoms with Gasteiger partial charge < -0.3 is 12.3 Å². The van der Waals surface area contributed by atoms with Crippen LogP contribution in [0.5, 0.6) is 0 Å². The average molecular weight is 589 g/mol. The highest BCUT2D eigenvalue weighted by Crippen LogP contribution is 2.39. The van der Waals surface area contributed by atoms with Crippen LogP contribution >= 0.6 is 0 Å². The fourth-order valence-corrected chi connectivity index (χ4v) is 26.9. The molecule has 0 radical (unpaired) electrons. The van der Waals surface area contributed by atoms with Crippen LogP contribution in [0.2, 0.25) is 60.4 Å². The molecule has 222 valence electrons. The lowest BCUT2D eigenvalue weighted by atomic mass is 10.1. The molecule has 0 aromatic carbocycles. The Morgan fingerprint density at radius 1 is 0.432 bits per heavy atom. The van der Waals surface area contributed by atoms with Gasteiger partial charge in [0.25, 0.3) is 0 Å². The molecule has 0 N–H and O–H groups in total. The van der Waals surface area contributed by atoms with E-state index in [1.807, 2.05) is 0 Å². The highest BCUT2D eigenvalue weighted by atomic mass is 28.5. The second-order valence-corrected chi connectivity index (χ2v) is 29.2. The molecule has 0 aliphatic heterocycles. The summed E-state index contributed by atoms with van der Waals surface area (Å²) in [7, 11) is -8.44. The van der Waals surface area contributed by atoms with Gasteiger partial charge in [-0.05, 0) is 73.7 Å². The predicted octanol–water partition coefficient (Wildman–Crippen LogP) is 11.7. The van der Waals surface area contributed by atoms with Gasteiger partial charge in [-0.15, -0.1) is 6.58 Å². The van der Waals surface area contributed by atoms with E-state index < -0.39 is 33.8 Å². The number of allylic oxidation sites excluding steroid dienone is 1. The first-order valence-electron chi connectivity index (χ1n) is 16.4. The molecule has 0 rings (SSSR count). The summed E-state index contributed by atoms with van der Waals surface area (Å²) < 4.78 is 22.7. The van der Waals surface area contributed by atoms with Crippen molar-refractivity contribution in [3.8, 4) is 0 Å². The fourth-order valence-electron chi connectivity index (χ4n) is 5.80. The smallest absolute Gasteiger partial charge is 0.416 e. The Morgan fingerprint density at radius 2 is 0.703 bits per heavy atom. The molecule has 7 heteroatoms. The van der Waals surface area contributed by atoms with Crippen molar-refractivity contribution in [3.63, 3.8) is 0 Å². The van der Waals surface area contributed by atoms with E-state index in [1.54, 1.807) is 0 Å². The van der Waals surface area contributed by atoms with E-state index in [2.05, 4.69) is 75.0 Å². The van der Waals surface area contributed by atoms with Gasteiger partial charge in [0.2, 0.25) is 0 Å². The second kappa shape index (κ2) is 20.4. The summed E-state index contributed by atoms with van der Waals surface area (Å²) in [5.41, 5.74) is 0. The summed E-state index contributed by atoms with van der Waals surface area (Å²) in [5.74, 6) is 0. The molecule has 0 saturated carbocycles. The maximum absolute atomic E-state index is 7.57. The molecule has 0 bridgehead atoms. The van der Waals surface area contributed by atoms with Crippen LogP contribution in [0.15, 0.2) is 12.7 Å². The van der Waals surface area contributed by atoms with E-state index in [0.717, 1.165) is 6.04 Å². The first kappa shape index (κ1) is 37.5. The Kier molecular flexibility index (Phi) is 20.6. The van der Waals surface area contributed by atoms with Crippen molar-refractivity contribution in [1.82, 2.24) is 0 Å². The number of rotatable bonds is 26. The van der Waals surface area contributed by atoms with Crippen LogP contribution in [-0.2, 0) is 12.3 Å². The van der Waals surface area contributed by atoms with E-state index >= 15 is 0 Å². The molecule has 0 spiro atoms. The van der Waals surface area contributed by atoms with Crippen molar-refractivity contribution in [2.45, 2.75) is 181 Å². The minimum atomic E-state index is -2.81. The summed E-state index contributed by atoms with van der Waals surface area (Å²) in [5, 5.41) is 0. The lowest BCUT2D eigenvalue weighted by Gasteiger charge is -2.48. The van der Waals surface area contributed by atoms with Crippen molar-refractivity contribution in [1.29, 1.82) is 0 Å². The highest BCUT2D eigenvalue weighted by Gasteiger charge is 2.54. The van der Waals surface area contributed by atoms with Crippen LogP contribution in [0.3, 0.4) is 0 Å². The van der Waals surface area contributed by atoms with Gasteiger partial charge in [-0.2, -0.15) is 0 Å². The fraction of sp³-hybridized carbons (Fsp3) is 0.933. The zero-order valence-electron chi connectivity index (χ0n) is 26.9. The van der Waals surface area contributed by atoms with Gasteiger partial charge in [-0.25, -0.2) is 0 Å². The third kappa shape index (κ3) is 12.7. The topological polar surface area (TPSA) is 27.7 Å². The molecule has 0 heterocycles. The maximum atomic E-state index is 7.57. The molecule has 0 aliphatic carbocycles. The van der Waals surface area contributed by atoms with Crippen molar-refractivity contribution >= 4 is 33.8 Å². The molecule has 0 saturated heterocycles. The second-order valence-electron chi connectivity index (χ2n) is 11.4. The zero-order valence-corrected chi connectivity index (χ0v) is 30.9. The van der Waals surface area contributed by atoms with Crippen molar-refractivity contribution < 1.29 is 12.3 Å². The Morgan fingerprint density at radius 3 is 0.973 bits per heavy atom. The van der Waals surface area contributed by atoms with Crippen LogP contribution in [0.1, 0.15) is 120 Å². The van der Waals surface area contributed by atoms with E-state index in [4.69, 9.17) is 12.3 Å². The zero-order chi connectivity index (χ0) is 28.3. The first-order chi connectivity index (χ1) is 17.7. The molecule has 0 aromatic heterocycles. The number of hydrogen-bond acceptors (Lipinski definition) is 3. The molecule has 3 nitrogen and oxygen atoms in total. The summed E-state index contributed by atoms with van der Waals surface area (Å²) in [4.78, 5) is 0. The quantitative estimate of drug-likeness (QED) is 0.0571. The molecular weight excluding hydrogens is 521 g/mol. The molecular formula is C30H68O3Si4. The predicted molar refractivity (Wildman–Crippen MR) is 177 cm³/mol. The average Bonchev–Trinajstić information content (AvgIpc) is 2.94. The lowest BCUT2D eigenvalue weighted by Crippen LogP contribution is -2.64. The van der Waals surface area contributed by atoms with Gasteiger partial charge >= 0.3 is 8.80 Å². The molecule has 0 aromatic rings. The minimum Gasteiger partial charge on any atom is -0.416 e. The van der Waals surface area contributed by atoms with Gasteiger partial charge in [-0.3, -0.25) is 0 Å². The monoisotopic (exact) mass is 588 g/mol. The van der Waals surface area contributed by atoms with Crippen LogP contribution in [0.25, 0.3) is 0 Å². The van der Waals surface area contributed by atoms with Crippen molar-refractivity contribution in [2.24, 2.45) is 0 Å². The van der Waals surface area contributed by atoms with Gasteiger partial charge in [0.05, 0.1) is 0 Å². The normalized spacial score (nSPS) is 13.3. The van der Waals surface area contributed by atoms with Crippen molar-refractivity contribution in [2.75, 3.05) is 0 Å². The van der Waals surface area contributed by atoms with E-state index in [0.29, 0.717) is 0 Å². The van der Waals surface area contributed by atoms with Gasteiger partial charge in [-0.1, -0.05) is 107 Å². The third-order valence-electron chi connectivity index (χ3n) is 9.56. The largest absolute Gasteiger partial charge is 0.469 e. The van der Waals surface area contributed by atoms with Gasteiger partial charge in [0.1, 0.15) is 0 Å². The molecule has 0 aliphatic rings. The number of unbranched alkanes of at least 4 members (excludes halogenated alkanes) is 8. The lowest BCUT2D eigenvalue weighted by molar-refractivity contribution is 0.237. The molecule has 0 amide bonds. The molecule has 0 unspecified atom stereocenters. The van der Waals surface area contributed by atoms with Crippen LogP contribution < -0.4 is 0 Å². The van der Waals surface area contributed by atoms with E-state index in [1.165, 1.54) is 112 Å². The third-order valence-corrected chi connectivity index (χ3v) is 31.0. The van der Waals surface area contributed by atoms with E-state index in [-0.39, 0.29) is 0 Å². The highest BCUT2D eigenvalue weighted by molar-refractivity contribution is 6.92. The van der Waals surface area contributed by atoms with Crippen LogP contribution in [0.4, 0.5) is 0 Å². The minimum absolute atomic E-state index is 1.05. The molecule has 0 fully saturated rings. The van der Waals surface area contributed by atoms with E-state index in [9.17, 15) is 0 Å². The first-order valence-corrected chi connectivity index (χ1v) is 26.0. The summed E-state index contributed by atoms with van der Waals surface area (Å²) in [6.45, 7) is 25.1. The van der Waals surface area contributed by atoms with Crippen LogP contribution in [-0.4, -0.2) is 33.8 Å². The van der Waals surface area contributed by atoms with Crippen LogP contribution in [0, 0.1) is 0 Å². The summed E-state index contributed by atoms with van der Waals surface area (Å²) in [6.07, 6.45) is 13.8. The summed E-state index contributed by atoms with van der Waals surface area (Å²) >= 11 is 0. The molecule has 0 atom stereocenters. The Labute approximate surface area is 238 Å². The van der Waals surface area contributed by atoms with Gasteiger partial charge in [0.15, 0.2) is 25.0 Å². The Bertz CT molecular complexity index is 481. The standard InChI is InChI=1S/C30H68O3Si4/c1-11-21-22-23-24-25-26-27-28-29-30-37(31-34(12-2,13-3)14-4,32-35(15-5,16-6)17-7)33-36(18-8,19-9)20-10/h11H,1,12-30H2,2-10H3. The number of hydrogen-bond donors (Lipinski definition) is 0. The SMILES string of the molecule is C=CCCCCCCCCCC[Si](O[Si](CC)(CC)CC)(O[Si](CC)(CC)CC)O[Si](CC)(CC)CC.